The van der Waals surface area contributed by atoms with Crippen molar-refractivity contribution < 1.29 is 28.4 Å². The third-order valence-corrected chi connectivity index (χ3v) is 4.53. The van der Waals surface area contributed by atoms with E-state index in [9.17, 15) is 4.79 Å². The Morgan fingerprint density at radius 3 is 1.32 bits per heavy atom. The van der Waals surface area contributed by atoms with Gasteiger partial charge in [0.25, 0.3) is 0 Å². The van der Waals surface area contributed by atoms with E-state index in [-0.39, 0.29) is 43.7 Å². The summed E-state index contributed by atoms with van der Waals surface area (Å²) in [4.78, 5) is 10.9. The molecule has 0 aromatic rings. The van der Waals surface area contributed by atoms with Crippen LogP contribution in [0.15, 0.2) is 0 Å². The van der Waals surface area contributed by atoms with E-state index in [1.165, 1.54) is 110 Å². The second-order valence-corrected chi connectivity index (χ2v) is 6.56. The molecule has 0 amide bonds. The molecular formula is C18H37CaMoO2. The van der Waals surface area contributed by atoms with Gasteiger partial charge in [-0.3, -0.25) is 0 Å². The van der Waals surface area contributed by atoms with Crippen molar-refractivity contribution in [2.75, 3.05) is 0 Å². The summed E-state index contributed by atoms with van der Waals surface area (Å²) in [6, 6.07) is 0. The van der Waals surface area contributed by atoms with Gasteiger partial charge in [-0.2, -0.15) is 0 Å². The van der Waals surface area contributed by atoms with Gasteiger partial charge in [-0.25, -0.2) is 0 Å². The Balaban J connectivity index is 0. The fourth-order valence-corrected chi connectivity index (χ4v) is 2.89. The summed E-state index contributed by atoms with van der Waals surface area (Å²) in [6.07, 6.45) is 20.9. The zero-order chi connectivity index (χ0) is 15.6. The van der Waals surface area contributed by atoms with E-state index in [1.807, 2.05) is 0 Å². The van der Waals surface area contributed by atoms with Crippen LogP contribution in [0.25, 0.3) is 0 Å². The van der Waals surface area contributed by atoms with E-state index in [4.69, 9.17) is 0 Å². The van der Waals surface area contributed by atoms with E-state index in [1.54, 1.807) is 0 Å². The standard InChI is InChI=1S/C18H36O2.Ca.Mo.2H/c1-2-3-4-5-6-7-8-9-10-11-12-13-14-15-16-17-18(19)20;;;;/h2-17H2,1H3,(H,19,20);;;;/q;;+1;;/p-1. The number of hydrogen-bond donors (Lipinski definition) is 0. The predicted octanol–water partition coefficient (Wildman–Crippen LogP) is 5.34. The third-order valence-electron chi connectivity index (χ3n) is 4.08. The summed E-state index contributed by atoms with van der Waals surface area (Å²) >= 11 is 1.40. The van der Waals surface area contributed by atoms with Gasteiger partial charge >= 0.3 is 136 Å². The topological polar surface area (TPSA) is 26.3 Å². The average molecular weight is 422 g/mol. The second kappa shape index (κ2) is 22.4. The SMILES string of the molecule is CCCCCCCCCCCCCCCCCC(=O)[O][Mo].[CaH2]. The third kappa shape index (κ3) is 21.4. The van der Waals surface area contributed by atoms with Gasteiger partial charge in [0, 0.05) is 0 Å². The molecule has 0 unspecified atom stereocenters. The minimum atomic E-state index is -0.0607. The quantitative estimate of drug-likeness (QED) is 0.249. The first-order valence-electron chi connectivity index (χ1n) is 9.14. The molecule has 0 bridgehead atoms. The minimum absolute atomic E-state index is 0. The van der Waals surface area contributed by atoms with Crippen LogP contribution in [0.5, 0.6) is 0 Å². The summed E-state index contributed by atoms with van der Waals surface area (Å²) in [5.41, 5.74) is 0. The molecular weight excluding hydrogens is 384 g/mol. The maximum atomic E-state index is 10.9. The second-order valence-electron chi connectivity index (χ2n) is 6.16. The molecule has 0 aliphatic rings. The Labute approximate surface area is 180 Å². The van der Waals surface area contributed by atoms with Gasteiger partial charge in [-0.1, -0.05) is 45.4 Å². The van der Waals surface area contributed by atoms with Crippen molar-refractivity contribution in [2.45, 2.75) is 110 Å². The van der Waals surface area contributed by atoms with E-state index in [0.717, 1.165) is 6.42 Å². The molecule has 0 aromatic carbocycles. The zero-order valence-electron chi connectivity index (χ0n) is 14.0. The van der Waals surface area contributed by atoms with Crippen molar-refractivity contribution in [2.24, 2.45) is 0 Å². The van der Waals surface area contributed by atoms with Crippen LogP contribution in [-0.2, 0) is 28.4 Å². The fraction of sp³-hybridized carbons (Fsp3) is 0.944. The van der Waals surface area contributed by atoms with Crippen LogP contribution in [0.4, 0.5) is 0 Å². The Bertz CT molecular complexity index is 225. The summed E-state index contributed by atoms with van der Waals surface area (Å²) < 4.78 is 4.64. The van der Waals surface area contributed by atoms with E-state index in [2.05, 4.69) is 10.3 Å². The van der Waals surface area contributed by atoms with Crippen LogP contribution in [0, 0.1) is 0 Å². The molecule has 0 heterocycles. The molecule has 0 aromatic heterocycles. The van der Waals surface area contributed by atoms with E-state index < -0.39 is 0 Å². The first-order valence-corrected chi connectivity index (χ1v) is 9.95. The molecule has 0 fully saturated rings. The first kappa shape index (κ1) is 25.7. The maximum absolute atomic E-state index is 10.9. The molecule has 22 heavy (non-hydrogen) atoms. The monoisotopic (exact) mass is 423 g/mol. The number of rotatable bonds is 16. The first-order chi connectivity index (χ1) is 10.3. The summed E-state index contributed by atoms with van der Waals surface area (Å²) in [7, 11) is 0. The molecule has 0 radical (unpaired) electrons. The molecule has 0 N–H and O–H groups in total. The van der Waals surface area contributed by atoms with Crippen molar-refractivity contribution >= 4 is 43.7 Å². The molecule has 0 rings (SSSR count). The van der Waals surface area contributed by atoms with Crippen molar-refractivity contribution in [1.29, 1.82) is 0 Å². The van der Waals surface area contributed by atoms with Crippen molar-refractivity contribution in [1.82, 2.24) is 0 Å². The number of carbonyl (C=O) groups is 1. The summed E-state index contributed by atoms with van der Waals surface area (Å²) in [6.45, 7) is 2.28. The Morgan fingerprint density at radius 1 is 0.682 bits per heavy atom. The molecule has 2 nitrogen and oxygen atoms in total. The van der Waals surface area contributed by atoms with Crippen molar-refractivity contribution in [3.63, 3.8) is 0 Å². The van der Waals surface area contributed by atoms with E-state index >= 15 is 0 Å². The molecule has 0 saturated heterocycles. The molecule has 129 valence electrons. The van der Waals surface area contributed by atoms with Gasteiger partial charge in [0.05, 0.1) is 0 Å². The average Bonchev–Trinajstić information content (AvgIpc) is 2.50. The number of unbranched alkanes of at least 4 members (excludes halogenated alkanes) is 14. The molecule has 0 atom stereocenters. The Hall–Kier alpha value is 1.42. The molecule has 0 saturated carbocycles. The zero-order valence-corrected chi connectivity index (χ0v) is 16.0. The van der Waals surface area contributed by atoms with Crippen LogP contribution < -0.4 is 0 Å². The van der Waals surface area contributed by atoms with Crippen LogP contribution in [-0.4, -0.2) is 43.7 Å². The molecule has 0 aliphatic heterocycles. The van der Waals surface area contributed by atoms with Gasteiger partial charge in [0.1, 0.15) is 0 Å². The Morgan fingerprint density at radius 2 is 1.00 bits per heavy atom. The van der Waals surface area contributed by atoms with Crippen molar-refractivity contribution in [3.8, 4) is 0 Å². The summed E-state index contributed by atoms with van der Waals surface area (Å²) in [5, 5.41) is 0. The van der Waals surface area contributed by atoms with Crippen LogP contribution in [0.1, 0.15) is 110 Å². The van der Waals surface area contributed by atoms with Gasteiger partial charge in [0.2, 0.25) is 0 Å². The van der Waals surface area contributed by atoms with Gasteiger partial charge in [-0.05, 0) is 0 Å². The van der Waals surface area contributed by atoms with Gasteiger partial charge < -0.3 is 0 Å². The fourth-order valence-electron chi connectivity index (χ4n) is 2.68. The number of carbonyl (C=O) groups excluding carboxylic acids is 1. The van der Waals surface area contributed by atoms with Crippen molar-refractivity contribution in [3.05, 3.63) is 0 Å². The van der Waals surface area contributed by atoms with Gasteiger partial charge in [0.15, 0.2) is 0 Å². The number of hydrogen-bond acceptors (Lipinski definition) is 2. The summed E-state index contributed by atoms with van der Waals surface area (Å²) in [5.74, 6) is -0.0607. The molecule has 0 spiro atoms. The molecule has 0 aliphatic carbocycles. The van der Waals surface area contributed by atoms with E-state index in [0.29, 0.717) is 6.42 Å². The molecule has 4 heteroatoms. The van der Waals surface area contributed by atoms with Crippen LogP contribution >= 0.6 is 0 Å². The van der Waals surface area contributed by atoms with Crippen LogP contribution in [0.2, 0.25) is 0 Å². The predicted molar refractivity (Wildman–Crippen MR) is 94.2 cm³/mol. The normalized spacial score (nSPS) is 10.2. The van der Waals surface area contributed by atoms with Gasteiger partial charge in [-0.15, -0.1) is 0 Å². The Kier molecular flexibility index (Phi) is 26.1. The van der Waals surface area contributed by atoms with Crippen LogP contribution in [0.3, 0.4) is 0 Å².